The fourth-order valence-electron chi connectivity index (χ4n) is 2.08. The first-order valence-electron chi connectivity index (χ1n) is 6.16. The highest BCUT2D eigenvalue weighted by atomic mass is 35.5. The summed E-state index contributed by atoms with van der Waals surface area (Å²) in [5.41, 5.74) is 1.67. The van der Waals surface area contributed by atoms with Gasteiger partial charge in [0.2, 0.25) is 0 Å². The van der Waals surface area contributed by atoms with E-state index in [4.69, 9.17) is 11.6 Å². The summed E-state index contributed by atoms with van der Waals surface area (Å²) in [5, 5.41) is 18.2. The van der Waals surface area contributed by atoms with E-state index in [1.807, 2.05) is 48.5 Å². The van der Waals surface area contributed by atoms with Crippen molar-refractivity contribution in [2.24, 2.45) is 0 Å². The first-order valence-corrected chi connectivity index (χ1v) is 6.54. The van der Waals surface area contributed by atoms with Crippen molar-refractivity contribution in [3.63, 3.8) is 0 Å². The molecule has 100 valence electrons. The van der Waals surface area contributed by atoms with Crippen LogP contribution < -0.4 is 0 Å². The van der Waals surface area contributed by atoms with Gasteiger partial charge in [0.15, 0.2) is 11.6 Å². The molecule has 0 aliphatic heterocycles. The Labute approximate surface area is 121 Å². The molecule has 0 saturated carbocycles. The van der Waals surface area contributed by atoms with Crippen molar-refractivity contribution in [2.75, 3.05) is 0 Å². The zero-order valence-electron chi connectivity index (χ0n) is 10.6. The molecule has 0 fully saturated rings. The average Bonchev–Trinajstić information content (AvgIpc) is 2.92. The number of aliphatic hydroxyl groups is 1. The Balaban J connectivity index is 2.24. The Morgan fingerprint density at radius 3 is 2.35 bits per heavy atom. The first-order chi connectivity index (χ1) is 9.81. The normalized spacial score (nSPS) is 10.7. The lowest BCUT2D eigenvalue weighted by Crippen LogP contribution is -2.03. The van der Waals surface area contributed by atoms with E-state index in [1.165, 1.54) is 0 Å². The van der Waals surface area contributed by atoms with Crippen molar-refractivity contribution in [1.82, 2.24) is 14.8 Å². The van der Waals surface area contributed by atoms with Crippen LogP contribution in [-0.4, -0.2) is 19.9 Å². The SMILES string of the molecule is OCc1nnc(-c2ccccc2Cl)n1-c1ccccc1. The summed E-state index contributed by atoms with van der Waals surface area (Å²) in [5.74, 6) is 1.09. The zero-order chi connectivity index (χ0) is 13.9. The van der Waals surface area contributed by atoms with E-state index in [1.54, 1.807) is 10.6 Å². The standard InChI is InChI=1S/C15H12ClN3O/c16-13-9-5-4-8-12(13)15-18-17-14(10-20)19(15)11-6-2-1-3-7-11/h1-9,20H,10H2. The van der Waals surface area contributed by atoms with E-state index in [2.05, 4.69) is 10.2 Å². The predicted molar refractivity (Wildman–Crippen MR) is 77.7 cm³/mol. The summed E-state index contributed by atoms with van der Waals surface area (Å²) in [6.07, 6.45) is 0. The molecule has 0 spiro atoms. The number of hydrogen-bond donors (Lipinski definition) is 1. The van der Waals surface area contributed by atoms with Gasteiger partial charge >= 0.3 is 0 Å². The van der Waals surface area contributed by atoms with Gasteiger partial charge in [-0.25, -0.2) is 0 Å². The van der Waals surface area contributed by atoms with E-state index in [-0.39, 0.29) is 6.61 Å². The molecule has 3 aromatic rings. The number of rotatable bonds is 3. The van der Waals surface area contributed by atoms with Crippen molar-refractivity contribution >= 4 is 11.6 Å². The van der Waals surface area contributed by atoms with Gasteiger partial charge in [-0.1, -0.05) is 41.9 Å². The van der Waals surface area contributed by atoms with Gasteiger partial charge in [0, 0.05) is 11.3 Å². The van der Waals surface area contributed by atoms with Gasteiger partial charge < -0.3 is 5.11 Å². The van der Waals surface area contributed by atoms with Crippen LogP contribution in [-0.2, 0) is 6.61 Å². The molecule has 1 N–H and O–H groups in total. The molecule has 4 nitrogen and oxygen atoms in total. The topological polar surface area (TPSA) is 50.9 Å². The average molecular weight is 286 g/mol. The third-order valence-corrected chi connectivity index (χ3v) is 3.33. The molecule has 0 aliphatic carbocycles. The molecule has 5 heteroatoms. The fraction of sp³-hybridized carbons (Fsp3) is 0.0667. The van der Waals surface area contributed by atoms with E-state index in [0.717, 1.165) is 11.3 Å². The van der Waals surface area contributed by atoms with Crippen LogP contribution in [0.4, 0.5) is 0 Å². The highest BCUT2D eigenvalue weighted by Crippen LogP contribution is 2.28. The highest BCUT2D eigenvalue weighted by molar-refractivity contribution is 6.33. The lowest BCUT2D eigenvalue weighted by atomic mass is 10.2. The van der Waals surface area contributed by atoms with Crippen LogP contribution in [0.3, 0.4) is 0 Å². The molecule has 2 aromatic carbocycles. The van der Waals surface area contributed by atoms with Gasteiger partial charge in [0.1, 0.15) is 6.61 Å². The Kier molecular flexibility index (Phi) is 3.50. The monoisotopic (exact) mass is 285 g/mol. The maximum atomic E-state index is 9.45. The van der Waals surface area contributed by atoms with Crippen LogP contribution in [0.5, 0.6) is 0 Å². The van der Waals surface area contributed by atoms with Crippen molar-refractivity contribution in [3.05, 3.63) is 65.4 Å². The molecular formula is C15H12ClN3O. The van der Waals surface area contributed by atoms with E-state index >= 15 is 0 Å². The molecule has 1 aromatic heterocycles. The van der Waals surface area contributed by atoms with Crippen molar-refractivity contribution < 1.29 is 5.11 Å². The minimum absolute atomic E-state index is 0.188. The van der Waals surface area contributed by atoms with E-state index in [0.29, 0.717) is 16.7 Å². The number of benzene rings is 2. The second kappa shape index (κ2) is 5.45. The maximum absolute atomic E-state index is 9.45. The molecule has 3 rings (SSSR count). The minimum Gasteiger partial charge on any atom is -0.388 e. The van der Waals surface area contributed by atoms with Gasteiger partial charge in [-0.2, -0.15) is 0 Å². The third kappa shape index (κ3) is 2.19. The van der Waals surface area contributed by atoms with Gasteiger partial charge in [0.25, 0.3) is 0 Å². The Morgan fingerprint density at radius 2 is 1.65 bits per heavy atom. The lowest BCUT2D eigenvalue weighted by Gasteiger charge is -2.10. The number of hydrogen-bond acceptors (Lipinski definition) is 3. The smallest absolute Gasteiger partial charge is 0.170 e. The highest BCUT2D eigenvalue weighted by Gasteiger charge is 2.16. The molecule has 0 bridgehead atoms. The predicted octanol–water partition coefficient (Wildman–Crippen LogP) is 3.08. The number of aromatic nitrogens is 3. The second-order valence-corrected chi connectivity index (χ2v) is 4.66. The Hall–Kier alpha value is -2.17. The Morgan fingerprint density at radius 1 is 0.950 bits per heavy atom. The van der Waals surface area contributed by atoms with Crippen molar-refractivity contribution in [1.29, 1.82) is 0 Å². The number of nitrogens with zero attached hydrogens (tertiary/aromatic N) is 3. The first kappa shape index (κ1) is 12.8. The van der Waals surface area contributed by atoms with Crippen molar-refractivity contribution in [3.8, 4) is 17.1 Å². The van der Waals surface area contributed by atoms with Gasteiger partial charge in [-0.15, -0.1) is 10.2 Å². The molecular weight excluding hydrogens is 274 g/mol. The van der Waals surface area contributed by atoms with Crippen LogP contribution in [0.15, 0.2) is 54.6 Å². The number of halogens is 1. The molecule has 0 radical (unpaired) electrons. The summed E-state index contributed by atoms with van der Waals surface area (Å²) < 4.78 is 1.81. The van der Waals surface area contributed by atoms with Crippen LogP contribution in [0.25, 0.3) is 17.1 Å². The van der Waals surface area contributed by atoms with Crippen LogP contribution in [0.1, 0.15) is 5.82 Å². The molecule has 20 heavy (non-hydrogen) atoms. The summed E-state index contributed by atoms with van der Waals surface area (Å²) >= 11 is 6.23. The largest absolute Gasteiger partial charge is 0.388 e. The third-order valence-electron chi connectivity index (χ3n) is 3.00. The van der Waals surface area contributed by atoms with Gasteiger partial charge in [-0.3, -0.25) is 4.57 Å². The molecule has 1 heterocycles. The van der Waals surface area contributed by atoms with Crippen molar-refractivity contribution in [2.45, 2.75) is 6.61 Å². The Bertz CT molecular complexity index is 725. The lowest BCUT2D eigenvalue weighted by molar-refractivity contribution is 0.269. The van der Waals surface area contributed by atoms with E-state index in [9.17, 15) is 5.11 Å². The second-order valence-electron chi connectivity index (χ2n) is 4.25. The summed E-state index contributed by atoms with van der Waals surface area (Å²) in [6, 6.07) is 17.1. The molecule has 0 saturated heterocycles. The summed E-state index contributed by atoms with van der Waals surface area (Å²) in [7, 11) is 0. The molecule has 0 unspecified atom stereocenters. The zero-order valence-corrected chi connectivity index (χ0v) is 11.3. The van der Waals surface area contributed by atoms with Gasteiger partial charge in [-0.05, 0) is 24.3 Å². The number of aliphatic hydroxyl groups excluding tert-OH is 1. The maximum Gasteiger partial charge on any atom is 0.170 e. The quantitative estimate of drug-likeness (QED) is 0.804. The summed E-state index contributed by atoms with van der Waals surface area (Å²) in [4.78, 5) is 0. The number of para-hydroxylation sites is 1. The molecule has 0 aliphatic rings. The van der Waals surface area contributed by atoms with Gasteiger partial charge in [0.05, 0.1) is 5.02 Å². The summed E-state index contributed by atoms with van der Waals surface area (Å²) in [6.45, 7) is -0.188. The van der Waals surface area contributed by atoms with Crippen LogP contribution in [0.2, 0.25) is 5.02 Å². The van der Waals surface area contributed by atoms with Crippen LogP contribution in [0, 0.1) is 0 Å². The molecule has 0 amide bonds. The minimum atomic E-state index is -0.188. The molecule has 0 atom stereocenters. The van der Waals surface area contributed by atoms with E-state index < -0.39 is 0 Å². The fourth-order valence-corrected chi connectivity index (χ4v) is 2.30. The van der Waals surface area contributed by atoms with Crippen LogP contribution >= 0.6 is 11.6 Å².